The van der Waals surface area contributed by atoms with E-state index in [1.165, 1.54) is 6.07 Å². The number of nitrogens with zero attached hydrogens (tertiary/aromatic N) is 3. The highest BCUT2D eigenvalue weighted by molar-refractivity contribution is 5.90. The SMILES string of the molecule is CCC[C@@H]1CC(c2ccc(C(F)(F)F)c(-c3n[nH]c4ncccc34)n2)C[C@@H]1N. The molecule has 3 atom stereocenters. The van der Waals surface area contributed by atoms with Gasteiger partial charge in [-0.25, -0.2) is 4.98 Å². The number of pyridine rings is 2. The molecule has 4 rings (SSSR count). The first-order valence-electron chi connectivity index (χ1n) is 9.51. The van der Waals surface area contributed by atoms with Crippen molar-refractivity contribution in [2.45, 2.75) is 50.7 Å². The minimum absolute atomic E-state index is 0.0629. The molecule has 0 saturated heterocycles. The smallest absolute Gasteiger partial charge is 0.327 e. The zero-order valence-corrected chi connectivity index (χ0v) is 15.5. The Kier molecular flexibility index (Phi) is 4.82. The molecule has 0 radical (unpaired) electrons. The standard InChI is InChI=1S/C20H22F3N5/c1-2-4-11-9-12(10-15(11)24)16-7-6-14(20(21,22)23)18(26-16)17-13-5-3-8-25-19(13)28-27-17/h3,5-8,11-12,15H,2,4,9-10,24H2,1H3,(H,25,27,28)/t11-,12?,15+/m1/s1. The number of H-pyrrole nitrogens is 1. The Labute approximate surface area is 160 Å². The molecule has 3 N–H and O–H groups in total. The van der Waals surface area contributed by atoms with Gasteiger partial charge in [0.05, 0.1) is 5.56 Å². The minimum Gasteiger partial charge on any atom is -0.327 e. The third-order valence-electron chi connectivity index (χ3n) is 5.61. The van der Waals surface area contributed by atoms with E-state index >= 15 is 0 Å². The molecular formula is C20H22F3N5. The van der Waals surface area contributed by atoms with Crippen LogP contribution in [-0.2, 0) is 6.18 Å². The highest BCUT2D eigenvalue weighted by Crippen LogP contribution is 2.42. The number of hydrogen-bond acceptors (Lipinski definition) is 4. The minimum atomic E-state index is -4.52. The van der Waals surface area contributed by atoms with E-state index in [1.807, 2.05) is 0 Å². The van der Waals surface area contributed by atoms with Gasteiger partial charge in [0.1, 0.15) is 11.4 Å². The molecule has 0 aliphatic heterocycles. The van der Waals surface area contributed by atoms with Crippen LogP contribution in [0.25, 0.3) is 22.4 Å². The second-order valence-corrected chi connectivity index (χ2v) is 7.48. The molecule has 3 heterocycles. The molecular weight excluding hydrogens is 367 g/mol. The number of rotatable bonds is 4. The third-order valence-corrected chi connectivity index (χ3v) is 5.61. The Morgan fingerprint density at radius 1 is 1.18 bits per heavy atom. The zero-order valence-electron chi connectivity index (χ0n) is 15.5. The average Bonchev–Trinajstić information content (AvgIpc) is 3.25. The van der Waals surface area contributed by atoms with E-state index in [4.69, 9.17) is 5.73 Å². The normalized spacial score (nSPS) is 22.8. The molecule has 1 aliphatic rings. The van der Waals surface area contributed by atoms with Crippen LogP contribution in [0.15, 0.2) is 30.5 Å². The number of fused-ring (bicyclic) bond motifs is 1. The molecule has 1 saturated carbocycles. The fourth-order valence-electron chi connectivity index (χ4n) is 4.25. The van der Waals surface area contributed by atoms with Gasteiger partial charge in [-0.2, -0.15) is 18.3 Å². The van der Waals surface area contributed by atoms with Gasteiger partial charge in [-0.05, 0) is 49.4 Å². The summed E-state index contributed by atoms with van der Waals surface area (Å²) >= 11 is 0. The second kappa shape index (κ2) is 7.16. The summed E-state index contributed by atoms with van der Waals surface area (Å²) in [5, 5.41) is 7.31. The molecule has 3 aromatic rings. The molecule has 8 heteroatoms. The summed E-state index contributed by atoms with van der Waals surface area (Å²) in [5.74, 6) is 0.453. The number of aromatic amines is 1. The molecule has 5 nitrogen and oxygen atoms in total. The van der Waals surface area contributed by atoms with Gasteiger partial charge in [0.2, 0.25) is 0 Å². The van der Waals surface area contributed by atoms with E-state index in [0.29, 0.717) is 22.6 Å². The van der Waals surface area contributed by atoms with Crippen molar-refractivity contribution in [2.75, 3.05) is 0 Å². The van der Waals surface area contributed by atoms with Gasteiger partial charge < -0.3 is 5.73 Å². The highest BCUT2D eigenvalue weighted by Gasteiger charge is 2.38. The number of alkyl halides is 3. The van der Waals surface area contributed by atoms with Crippen molar-refractivity contribution in [1.82, 2.24) is 20.2 Å². The van der Waals surface area contributed by atoms with Gasteiger partial charge in [-0.3, -0.25) is 10.1 Å². The van der Waals surface area contributed by atoms with Gasteiger partial charge in [0, 0.05) is 29.2 Å². The summed E-state index contributed by atoms with van der Waals surface area (Å²) in [5.41, 5.74) is 6.57. The van der Waals surface area contributed by atoms with Crippen molar-refractivity contribution < 1.29 is 13.2 Å². The van der Waals surface area contributed by atoms with Gasteiger partial charge in [-0.15, -0.1) is 0 Å². The summed E-state index contributed by atoms with van der Waals surface area (Å²) in [6.07, 6.45) is 0.711. The summed E-state index contributed by atoms with van der Waals surface area (Å²) < 4.78 is 41.0. The lowest BCUT2D eigenvalue weighted by Crippen LogP contribution is -2.24. The highest BCUT2D eigenvalue weighted by atomic mass is 19.4. The lowest BCUT2D eigenvalue weighted by Gasteiger charge is -2.15. The van der Waals surface area contributed by atoms with Crippen LogP contribution in [0.2, 0.25) is 0 Å². The van der Waals surface area contributed by atoms with Crippen LogP contribution >= 0.6 is 0 Å². The van der Waals surface area contributed by atoms with Crippen molar-refractivity contribution in [3.8, 4) is 11.4 Å². The van der Waals surface area contributed by atoms with Gasteiger partial charge >= 0.3 is 6.18 Å². The molecule has 1 fully saturated rings. The molecule has 1 aliphatic carbocycles. The van der Waals surface area contributed by atoms with Crippen LogP contribution in [0.4, 0.5) is 13.2 Å². The predicted molar refractivity (Wildman–Crippen MR) is 100 cm³/mol. The van der Waals surface area contributed by atoms with E-state index in [9.17, 15) is 13.2 Å². The fraction of sp³-hybridized carbons (Fsp3) is 0.450. The van der Waals surface area contributed by atoms with Gasteiger partial charge in [-0.1, -0.05) is 13.3 Å². The van der Waals surface area contributed by atoms with Crippen molar-refractivity contribution in [3.63, 3.8) is 0 Å². The number of aromatic nitrogens is 4. The Hall–Kier alpha value is -2.48. The largest absolute Gasteiger partial charge is 0.418 e. The van der Waals surface area contributed by atoms with E-state index in [1.54, 1.807) is 18.3 Å². The number of hydrogen-bond donors (Lipinski definition) is 2. The molecule has 0 spiro atoms. The summed E-state index contributed by atoms with van der Waals surface area (Å²) in [7, 11) is 0. The first-order chi connectivity index (χ1) is 13.4. The average molecular weight is 389 g/mol. The van der Waals surface area contributed by atoms with Crippen molar-refractivity contribution in [3.05, 3.63) is 41.7 Å². The maximum atomic E-state index is 13.7. The summed E-state index contributed by atoms with van der Waals surface area (Å²) in [6.45, 7) is 2.12. The summed E-state index contributed by atoms with van der Waals surface area (Å²) in [4.78, 5) is 8.57. The van der Waals surface area contributed by atoms with Crippen LogP contribution in [0.3, 0.4) is 0 Å². The van der Waals surface area contributed by atoms with E-state index in [2.05, 4.69) is 27.1 Å². The number of nitrogens with one attached hydrogen (secondary N) is 1. The van der Waals surface area contributed by atoms with Crippen molar-refractivity contribution in [2.24, 2.45) is 11.7 Å². The van der Waals surface area contributed by atoms with Crippen molar-refractivity contribution >= 4 is 11.0 Å². The predicted octanol–water partition coefficient (Wildman–Crippen LogP) is 4.66. The van der Waals surface area contributed by atoms with Crippen LogP contribution in [0.5, 0.6) is 0 Å². The van der Waals surface area contributed by atoms with Gasteiger partial charge in [0.15, 0.2) is 5.65 Å². The zero-order chi connectivity index (χ0) is 19.9. The van der Waals surface area contributed by atoms with Gasteiger partial charge in [0.25, 0.3) is 0 Å². The Morgan fingerprint density at radius 2 is 2.00 bits per heavy atom. The number of nitrogens with two attached hydrogens (primary N) is 1. The lowest BCUT2D eigenvalue weighted by molar-refractivity contribution is -0.137. The number of halogens is 3. The van der Waals surface area contributed by atoms with Crippen molar-refractivity contribution in [1.29, 1.82) is 0 Å². The van der Waals surface area contributed by atoms with E-state index in [-0.39, 0.29) is 23.3 Å². The fourth-order valence-corrected chi connectivity index (χ4v) is 4.25. The first-order valence-corrected chi connectivity index (χ1v) is 9.51. The first kappa shape index (κ1) is 18.9. The molecule has 28 heavy (non-hydrogen) atoms. The molecule has 0 aromatic carbocycles. The Bertz CT molecular complexity index is 981. The Balaban J connectivity index is 1.79. The summed E-state index contributed by atoms with van der Waals surface area (Å²) in [6, 6.07) is 6.04. The van der Waals surface area contributed by atoms with Crippen LogP contribution in [0, 0.1) is 5.92 Å². The maximum Gasteiger partial charge on any atom is 0.418 e. The molecule has 0 bridgehead atoms. The molecule has 1 unspecified atom stereocenters. The lowest BCUT2D eigenvalue weighted by atomic mass is 9.96. The second-order valence-electron chi connectivity index (χ2n) is 7.48. The van der Waals surface area contributed by atoms with E-state index < -0.39 is 11.7 Å². The maximum absolute atomic E-state index is 13.7. The van der Waals surface area contributed by atoms with Crippen LogP contribution in [0.1, 0.15) is 49.8 Å². The molecule has 3 aromatic heterocycles. The molecule has 0 amide bonds. The topological polar surface area (TPSA) is 80.5 Å². The Morgan fingerprint density at radius 3 is 2.75 bits per heavy atom. The molecule has 148 valence electrons. The monoisotopic (exact) mass is 389 g/mol. The van der Waals surface area contributed by atoms with Crippen LogP contribution in [-0.4, -0.2) is 26.2 Å². The van der Waals surface area contributed by atoms with E-state index in [0.717, 1.165) is 31.7 Å². The third kappa shape index (κ3) is 3.37. The van der Waals surface area contributed by atoms with Crippen LogP contribution < -0.4 is 5.73 Å². The quantitative estimate of drug-likeness (QED) is 0.680.